The summed E-state index contributed by atoms with van der Waals surface area (Å²) < 4.78 is 33.0. The molecule has 0 aromatic heterocycles. The predicted octanol–water partition coefficient (Wildman–Crippen LogP) is 3.08. The summed E-state index contributed by atoms with van der Waals surface area (Å²) in [4.78, 5) is 2.86. The van der Waals surface area contributed by atoms with E-state index < -0.39 is 10.0 Å². The molecule has 0 radical (unpaired) electrons. The molecule has 0 aliphatic carbocycles. The molecule has 0 spiro atoms. The van der Waals surface area contributed by atoms with Crippen LogP contribution in [-0.4, -0.2) is 50.9 Å². The zero-order valence-electron chi connectivity index (χ0n) is 15.8. The van der Waals surface area contributed by atoms with E-state index in [1.807, 2.05) is 12.1 Å². The van der Waals surface area contributed by atoms with Crippen molar-refractivity contribution in [2.24, 2.45) is 0 Å². The van der Waals surface area contributed by atoms with Gasteiger partial charge in [0.2, 0.25) is 10.0 Å². The zero-order chi connectivity index (χ0) is 19.0. The van der Waals surface area contributed by atoms with Crippen molar-refractivity contribution in [3.05, 3.63) is 59.7 Å². The molecule has 0 N–H and O–H groups in total. The number of fused-ring (bicyclic) bond motifs is 3. The third kappa shape index (κ3) is 3.37. The van der Waals surface area contributed by atoms with Crippen LogP contribution in [0.25, 0.3) is 0 Å². The summed E-state index contributed by atoms with van der Waals surface area (Å²) in [5, 5.41) is 0. The Bertz CT molecular complexity index is 914. The minimum absolute atomic E-state index is 0.00417. The van der Waals surface area contributed by atoms with Crippen LogP contribution in [0.5, 0.6) is 5.75 Å². The first-order chi connectivity index (χ1) is 13.0. The SMILES string of the molecule is COc1ccc2c(c1)CCN1CCC(N(C)S(=O)(=O)c3ccccc3)CC21. The summed E-state index contributed by atoms with van der Waals surface area (Å²) >= 11 is 0. The molecule has 2 unspecified atom stereocenters. The number of hydrogen-bond donors (Lipinski definition) is 0. The first-order valence-electron chi connectivity index (χ1n) is 9.44. The molecule has 0 amide bonds. The lowest BCUT2D eigenvalue weighted by Crippen LogP contribution is -2.48. The monoisotopic (exact) mass is 386 g/mol. The Hall–Kier alpha value is -1.89. The normalized spacial score (nSPS) is 22.9. The highest BCUT2D eigenvalue weighted by Gasteiger charge is 2.38. The number of rotatable bonds is 4. The largest absolute Gasteiger partial charge is 0.497 e. The maximum absolute atomic E-state index is 13.0. The summed E-state index contributed by atoms with van der Waals surface area (Å²) in [5.41, 5.74) is 2.64. The molecule has 2 heterocycles. The molecular formula is C21H26N2O3S. The van der Waals surface area contributed by atoms with Crippen LogP contribution < -0.4 is 4.74 Å². The molecule has 2 aromatic rings. The quantitative estimate of drug-likeness (QED) is 0.810. The van der Waals surface area contributed by atoms with Gasteiger partial charge in [-0.1, -0.05) is 24.3 Å². The number of benzene rings is 2. The molecule has 1 fully saturated rings. The van der Waals surface area contributed by atoms with Gasteiger partial charge < -0.3 is 4.74 Å². The van der Waals surface area contributed by atoms with Gasteiger partial charge in [0.1, 0.15) is 5.75 Å². The topological polar surface area (TPSA) is 49.9 Å². The summed E-state index contributed by atoms with van der Waals surface area (Å²) in [5.74, 6) is 0.887. The lowest BCUT2D eigenvalue weighted by Gasteiger charge is -2.45. The first kappa shape index (κ1) is 18.5. The van der Waals surface area contributed by atoms with E-state index in [1.165, 1.54) is 11.1 Å². The molecule has 1 saturated heterocycles. The van der Waals surface area contributed by atoms with Crippen molar-refractivity contribution in [3.63, 3.8) is 0 Å². The molecule has 2 aliphatic rings. The molecule has 5 nitrogen and oxygen atoms in total. The second kappa shape index (κ2) is 7.26. The van der Waals surface area contributed by atoms with Crippen LogP contribution in [0.1, 0.15) is 30.0 Å². The molecule has 6 heteroatoms. The number of sulfonamides is 1. The Morgan fingerprint density at radius 3 is 2.63 bits per heavy atom. The predicted molar refractivity (Wildman–Crippen MR) is 105 cm³/mol. The Balaban J connectivity index is 1.59. The summed E-state index contributed by atoms with van der Waals surface area (Å²) in [6, 6.07) is 15.3. The van der Waals surface area contributed by atoms with Gasteiger partial charge in [0, 0.05) is 32.2 Å². The molecule has 0 bridgehead atoms. The number of nitrogens with zero attached hydrogens (tertiary/aromatic N) is 2. The van der Waals surface area contributed by atoms with E-state index in [1.54, 1.807) is 42.7 Å². The van der Waals surface area contributed by atoms with Gasteiger partial charge in [-0.15, -0.1) is 0 Å². The van der Waals surface area contributed by atoms with Crippen LogP contribution in [0.4, 0.5) is 0 Å². The highest BCUT2D eigenvalue weighted by atomic mass is 32.2. The lowest BCUT2D eigenvalue weighted by atomic mass is 9.85. The lowest BCUT2D eigenvalue weighted by molar-refractivity contribution is 0.0968. The van der Waals surface area contributed by atoms with Gasteiger partial charge in [0.05, 0.1) is 12.0 Å². The molecule has 2 atom stereocenters. The van der Waals surface area contributed by atoms with Crippen molar-refractivity contribution in [1.82, 2.24) is 9.21 Å². The fourth-order valence-electron chi connectivity index (χ4n) is 4.39. The fourth-order valence-corrected chi connectivity index (χ4v) is 5.80. The van der Waals surface area contributed by atoms with Crippen molar-refractivity contribution >= 4 is 10.0 Å². The third-order valence-electron chi connectivity index (χ3n) is 6.00. The smallest absolute Gasteiger partial charge is 0.243 e. The summed E-state index contributed by atoms with van der Waals surface area (Å²) in [6.45, 7) is 1.95. The number of hydrogen-bond acceptors (Lipinski definition) is 4. The van der Waals surface area contributed by atoms with Gasteiger partial charge in [-0.05, 0) is 54.7 Å². The van der Waals surface area contributed by atoms with Crippen molar-refractivity contribution in [2.75, 3.05) is 27.2 Å². The van der Waals surface area contributed by atoms with Crippen molar-refractivity contribution in [1.29, 1.82) is 0 Å². The van der Waals surface area contributed by atoms with E-state index in [0.717, 1.165) is 38.1 Å². The molecule has 4 rings (SSSR count). The summed E-state index contributed by atoms with van der Waals surface area (Å²) in [7, 11) is -0.0557. The van der Waals surface area contributed by atoms with Crippen molar-refractivity contribution < 1.29 is 13.2 Å². The molecule has 0 saturated carbocycles. The average molecular weight is 387 g/mol. The van der Waals surface area contributed by atoms with E-state index >= 15 is 0 Å². The number of methoxy groups -OCH3 is 1. The Kier molecular flexibility index (Phi) is 4.97. The van der Waals surface area contributed by atoms with Crippen LogP contribution >= 0.6 is 0 Å². The van der Waals surface area contributed by atoms with Crippen LogP contribution in [0.3, 0.4) is 0 Å². The molecule has 27 heavy (non-hydrogen) atoms. The highest BCUT2D eigenvalue weighted by Crippen LogP contribution is 2.39. The van der Waals surface area contributed by atoms with Gasteiger partial charge in [-0.25, -0.2) is 8.42 Å². The number of piperidine rings is 1. The molecule has 2 aliphatic heterocycles. The van der Waals surface area contributed by atoms with Gasteiger partial charge >= 0.3 is 0 Å². The third-order valence-corrected chi connectivity index (χ3v) is 7.92. The average Bonchev–Trinajstić information content (AvgIpc) is 2.72. The Morgan fingerprint density at radius 2 is 1.89 bits per heavy atom. The second-order valence-corrected chi connectivity index (χ2v) is 9.38. The van der Waals surface area contributed by atoms with E-state index in [0.29, 0.717) is 4.90 Å². The van der Waals surface area contributed by atoms with Crippen LogP contribution in [0.2, 0.25) is 0 Å². The van der Waals surface area contributed by atoms with Crippen molar-refractivity contribution in [2.45, 2.75) is 36.2 Å². The van der Waals surface area contributed by atoms with E-state index in [-0.39, 0.29) is 12.1 Å². The van der Waals surface area contributed by atoms with Crippen molar-refractivity contribution in [3.8, 4) is 5.75 Å². The van der Waals surface area contributed by atoms with Crippen LogP contribution in [-0.2, 0) is 16.4 Å². The standard InChI is InChI=1S/C21H26N2O3S/c1-22(27(24,25)19-6-4-3-5-7-19)17-11-13-23-12-10-16-14-18(26-2)8-9-20(16)21(23)15-17/h3-9,14,17,21H,10-13,15H2,1-2H3. The Morgan fingerprint density at radius 1 is 1.11 bits per heavy atom. The molecular weight excluding hydrogens is 360 g/mol. The maximum atomic E-state index is 13.0. The van der Waals surface area contributed by atoms with Crippen LogP contribution in [0.15, 0.2) is 53.4 Å². The highest BCUT2D eigenvalue weighted by molar-refractivity contribution is 7.89. The number of ether oxygens (including phenoxy) is 1. The van der Waals surface area contributed by atoms with Gasteiger partial charge in [0.25, 0.3) is 0 Å². The van der Waals surface area contributed by atoms with Gasteiger partial charge in [-0.3, -0.25) is 4.90 Å². The van der Waals surface area contributed by atoms with E-state index in [9.17, 15) is 8.42 Å². The van der Waals surface area contributed by atoms with E-state index in [4.69, 9.17) is 4.74 Å². The molecule has 144 valence electrons. The van der Waals surface area contributed by atoms with E-state index in [2.05, 4.69) is 17.0 Å². The summed E-state index contributed by atoms with van der Waals surface area (Å²) in [6.07, 6.45) is 2.71. The first-order valence-corrected chi connectivity index (χ1v) is 10.9. The zero-order valence-corrected chi connectivity index (χ0v) is 16.7. The van der Waals surface area contributed by atoms with Gasteiger partial charge in [-0.2, -0.15) is 4.31 Å². The Labute approximate surface area is 161 Å². The van der Waals surface area contributed by atoms with Gasteiger partial charge in [0.15, 0.2) is 0 Å². The molecule has 2 aromatic carbocycles. The minimum Gasteiger partial charge on any atom is -0.497 e. The maximum Gasteiger partial charge on any atom is 0.243 e. The second-order valence-electron chi connectivity index (χ2n) is 7.38. The van der Waals surface area contributed by atoms with Crippen LogP contribution in [0, 0.1) is 0 Å². The fraction of sp³-hybridized carbons (Fsp3) is 0.429. The minimum atomic E-state index is -3.47.